The van der Waals surface area contributed by atoms with E-state index in [1.54, 1.807) is 11.6 Å². The van der Waals surface area contributed by atoms with Crippen LogP contribution in [0.1, 0.15) is 19.8 Å². The average molecular weight is 261 g/mol. The topological polar surface area (TPSA) is 74.1 Å². The Morgan fingerprint density at radius 1 is 1.26 bits per heavy atom. The molecule has 0 atom stereocenters. The number of nitrogens with zero attached hydrogens (tertiary/aromatic N) is 3. The van der Waals surface area contributed by atoms with E-state index >= 15 is 0 Å². The fraction of sp³-hybridized carbons (Fsp3) is 0.385. The Bertz CT molecular complexity index is 592. The van der Waals surface area contributed by atoms with E-state index in [1.165, 1.54) is 0 Å². The summed E-state index contributed by atoms with van der Waals surface area (Å²) in [5, 5.41) is 7.89. The van der Waals surface area contributed by atoms with Gasteiger partial charge in [-0.1, -0.05) is 17.3 Å². The van der Waals surface area contributed by atoms with E-state index in [4.69, 9.17) is 4.74 Å². The van der Waals surface area contributed by atoms with Gasteiger partial charge in [0.2, 0.25) is 0 Å². The lowest BCUT2D eigenvalue weighted by molar-refractivity contribution is -0.144. The van der Waals surface area contributed by atoms with E-state index in [-0.39, 0.29) is 31.1 Å². The van der Waals surface area contributed by atoms with Crippen LogP contribution >= 0.6 is 0 Å². The van der Waals surface area contributed by atoms with Crippen molar-refractivity contribution >= 4 is 22.8 Å². The number of aromatic nitrogens is 3. The molecule has 0 amide bonds. The minimum atomic E-state index is -0.348. The van der Waals surface area contributed by atoms with E-state index in [0.717, 1.165) is 11.0 Å². The first-order valence-corrected chi connectivity index (χ1v) is 6.16. The molecule has 1 aromatic heterocycles. The highest BCUT2D eigenvalue weighted by Gasteiger charge is 2.11. The van der Waals surface area contributed by atoms with Crippen molar-refractivity contribution < 1.29 is 14.3 Å². The summed E-state index contributed by atoms with van der Waals surface area (Å²) in [6.07, 6.45) is 0.270. The van der Waals surface area contributed by atoms with Crippen LogP contribution in [0.3, 0.4) is 0 Å². The Balaban J connectivity index is 1.94. The zero-order valence-corrected chi connectivity index (χ0v) is 10.7. The molecule has 6 nitrogen and oxygen atoms in total. The van der Waals surface area contributed by atoms with Gasteiger partial charge in [-0.3, -0.25) is 9.59 Å². The molecule has 0 radical (unpaired) electrons. The van der Waals surface area contributed by atoms with E-state index in [0.29, 0.717) is 6.61 Å². The lowest BCUT2D eigenvalue weighted by atomic mass is 10.2. The molecular formula is C13H15N3O3. The quantitative estimate of drug-likeness (QED) is 0.734. The summed E-state index contributed by atoms with van der Waals surface area (Å²) in [5.74, 6) is -0.414. The maximum atomic E-state index is 11.8. The van der Waals surface area contributed by atoms with Crippen molar-refractivity contribution in [2.45, 2.75) is 26.3 Å². The minimum absolute atomic E-state index is 0.0660. The third-order valence-corrected chi connectivity index (χ3v) is 2.66. The van der Waals surface area contributed by atoms with Gasteiger partial charge in [-0.15, -0.1) is 5.10 Å². The fourth-order valence-corrected chi connectivity index (χ4v) is 1.75. The van der Waals surface area contributed by atoms with E-state index in [9.17, 15) is 9.59 Å². The SMILES string of the molecule is CCOC(=O)CCC(=O)Cn1nnc2ccccc21. The summed E-state index contributed by atoms with van der Waals surface area (Å²) in [5.41, 5.74) is 1.56. The maximum Gasteiger partial charge on any atom is 0.306 e. The van der Waals surface area contributed by atoms with Gasteiger partial charge in [0.05, 0.1) is 18.5 Å². The van der Waals surface area contributed by atoms with Crippen molar-refractivity contribution in [1.29, 1.82) is 0 Å². The largest absolute Gasteiger partial charge is 0.466 e. The van der Waals surface area contributed by atoms with Crippen molar-refractivity contribution in [3.8, 4) is 0 Å². The second-order valence-corrected chi connectivity index (χ2v) is 4.08. The first-order chi connectivity index (χ1) is 9.20. The van der Waals surface area contributed by atoms with Crippen LogP contribution < -0.4 is 0 Å². The molecule has 0 saturated carbocycles. The summed E-state index contributed by atoms with van der Waals surface area (Å²) in [6.45, 7) is 2.20. The molecule has 2 aromatic rings. The van der Waals surface area contributed by atoms with Crippen LogP contribution in [0.25, 0.3) is 11.0 Å². The van der Waals surface area contributed by atoms with Gasteiger partial charge >= 0.3 is 5.97 Å². The molecule has 0 aliphatic heterocycles. The van der Waals surface area contributed by atoms with Gasteiger partial charge in [0, 0.05) is 6.42 Å². The van der Waals surface area contributed by atoms with Gasteiger partial charge in [-0.05, 0) is 19.1 Å². The minimum Gasteiger partial charge on any atom is -0.466 e. The molecular weight excluding hydrogens is 246 g/mol. The first-order valence-electron chi connectivity index (χ1n) is 6.16. The number of para-hydroxylation sites is 1. The molecule has 2 rings (SSSR count). The molecule has 100 valence electrons. The number of fused-ring (bicyclic) bond motifs is 1. The summed E-state index contributed by atoms with van der Waals surface area (Å²) >= 11 is 0. The van der Waals surface area contributed by atoms with Crippen LogP contribution in [0.2, 0.25) is 0 Å². The molecule has 1 heterocycles. The van der Waals surface area contributed by atoms with Crippen LogP contribution in [-0.4, -0.2) is 33.4 Å². The van der Waals surface area contributed by atoms with Gasteiger partial charge in [0.15, 0.2) is 5.78 Å². The summed E-state index contributed by atoms with van der Waals surface area (Å²) in [7, 11) is 0. The number of esters is 1. The number of rotatable bonds is 6. The van der Waals surface area contributed by atoms with Crippen molar-refractivity contribution in [2.75, 3.05) is 6.61 Å². The number of ether oxygens (including phenoxy) is 1. The Kier molecular flexibility index (Phi) is 4.22. The zero-order chi connectivity index (χ0) is 13.7. The standard InChI is InChI=1S/C13H15N3O3/c1-2-19-13(18)8-7-10(17)9-16-12-6-4-3-5-11(12)14-15-16/h3-6H,2,7-9H2,1H3. The predicted octanol–water partition coefficient (Wildman–Crippen LogP) is 1.34. The summed E-state index contributed by atoms with van der Waals surface area (Å²) in [4.78, 5) is 22.9. The molecule has 0 bridgehead atoms. The molecule has 0 unspecified atom stereocenters. The van der Waals surface area contributed by atoms with E-state index in [1.807, 2.05) is 24.3 Å². The van der Waals surface area contributed by atoms with Gasteiger partial charge in [0.25, 0.3) is 0 Å². The Hall–Kier alpha value is -2.24. The molecule has 19 heavy (non-hydrogen) atoms. The number of carbonyl (C=O) groups is 2. The lowest BCUT2D eigenvalue weighted by Gasteiger charge is -2.02. The summed E-state index contributed by atoms with van der Waals surface area (Å²) in [6, 6.07) is 7.42. The van der Waals surface area contributed by atoms with Gasteiger partial charge in [-0.2, -0.15) is 0 Å². The second kappa shape index (κ2) is 6.08. The molecule has 0 aliphatic carbocycles. The normalized spacial score (nSPS) is 10.6. The highest BCUT2D eigenvalue weighted by Crippen LogP contribution is 2.10. The van der Waals surface area contributed by atoms with Crippen LogP contribution in [0.15, 0.2) is 24.3 Å². The van der Waals surface area contributed by atoms with Crippen molar-refractivity contribution in [2.24, 2.45) is 0 Å². The number of hydrogen-bond donors (Lipinski definition) is 0. The van der Waals surface area contributed by atoms with Crippen molar-refractivity contribution in [3.63, 3.8) is 0 Å². The molecule has 0 spiro atoms. The first kappa shape index (κ1) is 13.2. The highest BCUT2D eigenvalue weighted by molar-refractivity contribution is 5.84. The number of hydrogen-bond acceptors (Lipinski definition) is 5. The molecule has 0 fully saturated rings. The van der Waals surface area contributed by atoms with Crippen LogP contribution in [-0.2, 0) is 20.9 Å². The van der Waals surface area contributed by atoms with E-state index < -0.39 is 0 Å². The van der Waals surface area contributed by atoms with E-state index in [2.05, 4.69) is 10.3 Å². The smallest absolute Gasteiger partial charge is 0.306 e. The average Bonchev–Trinajstić information content (AvgIpc) is 2.80. The van der Waals surface area contributed by atoms with Gasteiger partial charge in [-0.25, -0.2) is 4.68 Å². The van der Waals surface area contributed by atoms with Crippen molar-refractivity contribution in [1.82, 2.24) is 15.0 Å². The van der Waals surface area contributed by atoms with Crippen LogP contribution in [0.4, 0.5) is 0 Å². The summed E-state index contributed by atoms with van der Waals surface area (Å²) < 4.78 is 6.32. The zero-order valence-electron chi connectivity index (χ0n) is 10.7. The Morgan fingerprint density at radius 2 is 2.05 bits per heavy atom. The predicted molar refractivity (Wildman–Crippen MR) is 68.4 cm³/mol. The molecule has 1 aromatic carbocycles. The van der Waals surface area contributed by atoms with Crippen LogP contribution in [0.5, 0.6) is 0 Å². The maximum absolute atomic E-state index is 11.8. The molecule has 0 N–H and O–H groups in total. The highest BCUT2D eigenvalue weighted by atomic mass is 16.5. The second-order valence-electron chi connectivity index (χ2n) is 4.08. The lowest BCUT2D eigenvalue weighted by Crippen LogP contribution is -2.14. The van der Waals surface area contributed by atoms with Gasteiger partial charge < -0.3 is 4.74 Å². The number of benzene rings is 1. The fourth-order valence-electron chi connectivity index (χ4n) is 1.75. The third-order valence-electron chi connectivity index (χ3n) is 2.66. The van der Waals surface area contributed by atoms with Gasteiger partial charge in [0.1, 0.15) is 12.1 Å². The molecule has 6 heteroatoms. The monoisotopic (exact) mass is 261 g/mol. The third kappa shape index (κ3) is 3.37. The van der Waals surface area contributed by atoms with Crippen molar-refractivity contribution in [3.05, 3.63) is 24.3 Å². The molecule has 0 aliphatic rings. The molecule has 0 saturated heterocycles. The Labute approximate surface area is 110 Å². The van der Waals surface area contributed by atoms with Crippen LogP contribution in [0, 0.1) is 0 Å². The number of ketones is 1. The number of Topliss-reactive ketones (excluding diaryl/α,β-unsaturated/α-hetero) is 1. The number of carbonyl (C=O) groups excluding carboxylic acids is 2. The Morgan fingerprint density at radius 3 is 2.84 bits per heavy atom.